The molecule has 0 atom stereocenters. The molecule has 2 aliphatic rings. The first-order valence-corrected chi connectivity index (χ1v) is 19.5. The molecule has 6 heteroatoms. The van der Waals surface area contributed by atoms with Gasteiger partial charge in [-0.1, -0.05) is 72.8 Å². The van der Waals surface area contributed by atoms with Gasteiger partial charge in [0.1, 0.15) is 0 Å². The molecule has 0 unspecified atom stereocenters. The predicted molar refractivity (Wildman–Crippen MR) is 231 cm³/mol. The van der Waals surface area contributed by atoms with E-state index in [2.05, 4.69) is 118 Å². The molecule has 0 fully saturated rings. The average molecular weight is 743 g/mol. The van der Waals surface area contributed by atoms with Crippen LogP contribution in [-0.4, -0.2) is 8.80 Å². The Balaban J connectivity index is 1.32. The minimum Gasteiger partial charge on any atom is -0.308 e. The maximum absolute atomic E-state index is 10.2. The third-order valence-corrected chi connectivity index (χ3v) is 13.6. The van der Waals surface area contributed by atoms with Crippen LogP contribution in [0.4, 0.5) is 0 Å². The zero-order valence-corrected chi connectivity index (χ0v) is 30.9. The maximum atomic E-state index is 10.2. The quantitative estimate of drug-likeness (QED) is 0.154. The van der Waals surface area contributed by atoms with Crippen molar-refractivity contribution >= 4 is 76.2 Å². The zero-order valence-electron chi connectivity index (χ0n) is 30.9. The van der Waals surface area contributed by atoms with Crippen LogP contribution in [0.25, 0.3) is 98.4 Å². The van der Waals surface area contributed by atoms with Crippen LogP contribution in [0.5, 0.6) is 0 Å². The van der Waals surface area contributed by atoms with E-state index in [1.807, 2.05) is 48.5 Å². The SMILES string of the molecule is N#Cc1ccc2c3cc4c(c5c6ccc(C#N)cc6n(c2c1)c35)C1(c2ccccc2-c2ccccc21)c1c-4cc2c3ccc(C#N)cc3n3c4cc(C#N)ccc4c1c23. The summed E-state index contributed by atoms with van der Waals surface area (Å²) in [5.74, 6) is 0. The van der Waals surface area contributed by atoms with Gasteiger partial charge in [-0.2, -0.15) is 21.0 Å². The van der Waals surface area contributed by atoms with Crippen molar-refractivity contribution in [3.05, 3.63) is 178 Å². The highest BCUT2D eigenvalue weighted by Crippen LogP contribution is 2.68. The number of aromatic nitrogens is 2. The van der Waals surface area contributed by atoms with Crippen LogP contribution in [0.2, 0.25) is 0 Å². The molecule has 264 valence electrons. The summed E-state index contributed by atoms with van der Waals surface area (Å²) in [5, 5.41) is 49.2. The first kappa shape index (κ1) is 30.5. The molecule has 59 heavy (non-hydrogen) atoms. The van der Waals surface area contributed by atoms with Crippen LogP contribution in [0.1, 0.15) is 44.5 Å². The second-order valence-electron chi connectivity index (χ2n) is 16.0. The van der Waals surface area contributed by atoms with Gasteiger partial charge in [0, 0.05) is 43.1 Å². The Morgan fingerprint density at radius 1 is 0.356 bits per heavy atom. The van der Waals surface area contributed by atoms with E-state index in [4.69, 9.17) is 0 Å². The Morgan fingerprint density at radius 2 is 0.712 bits per heavy atom. The average Bonchev–Trinajstić information content (AvgIpc) is 4.11. The van der Waals surface area contributed by atoms with Crippen LogP contribution in [0.3, 0.4) is 0 Å². The van der Waals surface area contributed by atoms with Crippen molar-refractivity contribution in [2.24, 2.45) is 0 Å². The molecule has 1 spiro atoms. The number of benzene rings is 8. The van der Waals surface area contributed by atoms with Gasteiger partial charge < -0.3 is 8.80 Å². The lowest BCUT2D eigenvalue weighted by molar-refractivity contribution is 0.810. The topological polar surface area (TPSA) is 104 Å². The van der Waals surface area contributed by atoms with Crippen molar-refractivity contribution in [3.8, 4) is 46.5 Å². The molecule has 4 heterocycles. The zero-order chi connectivity index (χ0) is 39.1. The predicted octanol–water partition coefficient (Wildman–Crippen LogP) is 11.8. The summed E-state index contributed by atoms with van der Waals surface area (Å²) in [7, 11) is 0. The standard InChI is InChI=1S/C53H22N6/c54-23-27-9-13-33-39-21-37-38-22-40-34-14-10-28(24-55)18-44(34)59-46-20-30(26-57)12-16-36(46)48(52(40)59)50(38)53(41-7-3-1-5-31(41)32-6-2-4-8-42(32)53)49(37)47-35-15-11-29(25-56)19-45(35)58(51(39)47)43(33)17-27/h1-22H. The third kappa shape index (κ3) is 3.22. The van der Waals surface area contributed by atoms with Crippen molar-refractivity contribution in [1.29, 1.82) is 21.0 Å². The fourth-order valence-corrected chi connectivity index (χ4v) is 11.6. The molecule has 0 aliphatic heterocycles. The molecular weight excluding hydrogens is 721 g/mol. The van der Waals surface area contributed by atoms with Crippen molar-refractivity contribution < 1.29 is 0 Å². The van der Waals surface area contributed by atoms with Gasteiger partial charge in [0.25, 0.3) is 0 Å². The smallest absolute Gasteiger partial charge is 0.0992 e. The minimum atomic E-state index is -0.770. The first-order valence-electron chi connectivity index (χ1n) is 19.5. The molecular formula is C53H22N6. The number of rotatable bonds is 0. The van der Waals surface area contributed by atoms with Crippen LogP contribution in [0.15, 0.2) is 133 Å². The summed E-state index contributed by atoms with van der Waals surface area (Å²) >= 11 is 0. The summed E-state index contributed by atoms with van der Waals surface area (Å²) in [6.07, 6.45) is 0. The number of hydrogen-bond donors (Lipinski definition) is 0. The fraction of sp³-hybridized carbons (Fsp3) is 0.0189. The molecule has 0 saturated carbocycles. The van der Waals surface area contributed by atoms with E-state index in [1.54, 1.807) is 0 Å². The molecule has 0 amide bonds. The van der Waals surface area contributed by atoms with E-state index >= 15 is 0 Å². The molecule has 0 bridgehead atoms. The lowest BCUT2D eigenvalue weighted by Gasteiger charge is -2.32. The van der Waals surface area contributed by atoms with E-state index in [9.17, 15) is 21.0 Å². The highest BCUT2D eigenvalue weighted by molar-refractivity contribution is 6.31. The van der Waals surface area contributed by atoms with Crippen LogP contribution in [-0.2, 0) is 5.41 Å². The highest BCUT2D eigenvalue weighted by Gasteiger charge is 2.54. The highest BCUT2D eigenvalue weighted by atomic mass is 14.9. The second kappa shape index (κ2) is 10.00. The van der Waals surface area contributed by atoms with E-state index in [0.29, 0.717) is 22.3 Å². The number of nitrogens with zero attached hydrogens (tertiary/aromatic N) is 6. The molecule has 0 saturated heterocycles. The Morgan fingerprint density at radius 3 is 1.10 bits per heavy atom. The van der Waals surface area contributed by atoms with Crippen LogP contribution in [0, 0.1) is 45.3 Å². The molecule has 14 rings (SSSR count). The van der Waals surface area contributed by atoms with Gasteiger partial charge in [-0.3, -0.25) is 0 Å². The second-order valence-corrected chi connectivity index (χ2v) is 16.0. The monoisotopic (exact) mass is 742 g/mol. The van der Waals surface area contributed by atoms with Crippen molar-refractivity contribution in [2.45, 2.75) is 5.41 Å². The Kier molecular flexibility index (Phi) is 5.17. The molecule has 0 radical (unpaired) electrons. The third-order valence-electron chi connectivity index (χ3n) is 13.6. The van der Waals surface area contributed by atoms with Crippen molar-refractivity contribution in [2.75, 3.05) is 0 Å². The van der Waals surface area contributed by atoms with Crippen LogP contribution >= 0.6 is 0 Å². The molecule has 4 aromatic heterocycles. The van der Waals surface area contributed by atoms with Gasteiger partial charge in [0.05, 0.1) is 85.0 Å². The van der Waals surface area contributed by atoms with Gasteiger partial charge in [-0.15, -0.1) is 0 Å². The lowest BCUT2D eigenvalue weighted by atomic mass is 9.68. The van der Waals surface area contributed by atoms with E-state index in [-0.39, 0.29) is 0 Å². The minimum absolute atomic E-state index is 0.574. The molecule has 6 nitrogen and oxygen atoms in total. The lowest BCUT2D eigenvalue weighted by Crippen LogP contribution is -2.26. The van der Waals surface area contributed by atoms with Gasteiger partial charge in [0.2, 0.25) is 0 Å². The summed E-state index contributed by atoms with van der Waals surface area (Å²) in [6, 6.07) is 55.9. The normalized spacial score (nSPS) is 13.5. The van der Waals surface area contributed by atoms with Crippen molar-refractivity contribution in [3.63, 3.8) is 0 Å². The Labute approximate surface area is 334 Å². The number of fused-ring (bicyclic) bond motifs is 24. The van der Waals surface area contributed by atoms with Gasteiger partial charge in [-0.25, -0.2) is 0 Å². The molecule has 2 aliphatic carbocycles. The number of nitriles is 4. The number of hydrogen-bond acceptors (Lipinski definition) is 4. The molecule has 0 N–H and O–H groups in total. The van der Waals surface area contributed by atoms with E-state index in [0.717, 1.165) is 87.3 Å². The summed E-state index contributed by atoms with van der Waals surface area (Å²) in [5.41, 5.74) is 16.9. The Bertz CT molecular complexity index is 3910. The van der Waals surface area contributed by atoms with Gasteiger partial charge in [-0.05, 0) is 105 Å². The van der Waals surface area contributed by atoms with Gasteiger partial charge >= 0.3 is 0 Å². The van der Waals surface area contributed by atoms with E-state index < -0.39 is 5.41 Å². The molecule has 12 aromatic rings. The van der Waals surface area contributed by atoms with E-state index in [1.165, 1.54) is 33.4 Å². The summed E-state index contributed by atoms with van der Waals surface area (Å²) in [6.45, 7) is 0. The molecule has 8 aromatic carbocycles. The first-order chi connectivity index (χ1) is 29.1. The summed E-state index contributed by atoms with van der Waals surface area (Å²) in [4.78, 5) is 0. The van der Waals surface area contributed by atoms with Crippen molar-refractivity contribution in [1.82, 2.24) is 8.80 Å². The maximum Gasteiger partial charge on any atom is 0.0992 e. The summed E-state index contributed by atoms with van der Waals surface area (Å²) < 4.78 is 4.56. The Hall–Kier alpha value is -8.68. The fourth-order valence-electron chi connectivity index (χ4n) is 11.6. The van der Waals surface area contributed by atoms with Gasteiger partial charge in [0.15, 0.2) is 0 Å². The van der Waals surface area contributed by atoms with Crippen LogP contribution < -0.4 is 0 Å². The largest absolute Gasteiger partial charge is 0.308 e.